The van der Waals surface area contributed by atoms with Gasteiger partial charge >= 0.3 is 0 Å². The summed E-state index contributed by atoms with van der Waals surface area (Å²) in [6.07, 6.45) is 11.9. The topological polar surface area (TPSA) is 75.9 Å². The molecule has 2 heterocycles. The van der Waals surface area contributed by atoms with Gasteiger partial charge in [0.15, 0.2) is 0 Å². The highest BCUT2D eigenvalue weighted by atomic mass is 16.1. The third kappa shape index (κ3) is 4.28. The molecule has 1 N–H and O–H groups in total. The van der Waals surface area contributed by atoms with Crippen molar-refractivity contribution >= 4 is 5.91 Å². The predicted octanol–water partition coefficient (Wildman–Crippen LogP) is 1.37. The molecule has 0 unspecified atom stereocenters. The molecule has 1 amide bonds. The van der Waals surface area contributed by atoms with Crippen LogP contribution in [-0.2, 0) is 11.3 Å². The Morgan fingerprint density at radius 3 is 2.61 bits per heavy atom. The van der Waals surface area contributed by atoms with E-state index < -0.39 is 0 Å². The Morgan fingerprint density at radius 1 is 1.13 bits per heavy atom. The van der Waals surface area contributed by atoms with Gasteiger partial charge in [-0.15, -0.1) is 5.10 Å². The number of hydrogen-bond donors (Lipinski definition) is 1. The minimum Gasteiger partial charge on any atom is -0.354 e. The first kappa shape index (κ1) is 16.4. The molecule has 0 bridgehead atoms. The fraction of sp³-hybridized carbons (Fsp3) is 0.875. The van der Waals surface area contributed by atoms with E-state index in [4.69, 9.17) is 0 Å². The highest BCUT2D eigenvalue weighted by Gasteiger charge is 2.39. The van der Waals surface area contributed by atoms with Crippen molar-refractivity contribution in [3.8, 4) is 0 Å². The molecule has 7 nitrogen and oxygen atoms in total. The molecule has 0 spiro atoms. The molecule has 23 heavy (non-hydrogen) atoms. The molecule has 0 atom stereocenters. The second kappa shape index (κ2) is 7.86. The molecule has 1 aromatic rings. The van der Waals surface area contributed by atoms with Gasteiger partial charge in [0, 0.05) is 25.0 Å². The predicted molar refractivity (Wildman–Crippen MR) is 86.7 cm³/mol. The lowest BCUT2D eigenvalue weighted by atomic mass is 9.92. The van der Waals surface area contributed by atoms with Crippen LogP contribution in [0.4, 0.5) is 0 Å². The summed E-state index contributed by atoms with van der Waals surface area (Å²) in [4.78, 5) is 14.8. The van der Waals surface area contributed by atoms with E-state index >= 15 is 0 Å². The number of nitrogens with one attached hydrogen (secondary N) is 1. The van der Waals surface area contributed by atoms with Crippen molar-refractivity contribution in [2.24, 2.45) is 0 Å². The lowest BCUT2D eigenvalue weighted by Crippen LogP contribution is -2.55. The fourth-order valence-electron chi connectivity index (χ4n) is 4.04. The van der Waals surface area contributed by atoms with E-state index in [0.29, 0.717) is 13.0 Å². The summed E-state index contributed by atoms with van der Waals surface area (Å²) in [6, 6.07) is 0. The number of hydrogen-bond acceptors (Lipinski definition) is 5. The molecule has 3 rings (SSSR count). The number of carbonyl (C=O) groups excluding carboxylic acids is 1. The van der Waals surface area contributed by atoms with Crippen LogP contribution in [0, 0.1) is 0 Å². The maximum Gasteiger partial charge on any atom is 0.220 e. The summed E-state index contributed by atoms with van der Waals surface area (Å²) >= 11 is 0. The summed E-state index contributed by atoms with van der Waals surface area (Å²) in [5, 5.41) is 14.2. The number of carbonyl (C=O) groups is 1. The molecule has 0 aromatic carbocycles. The van der Waals surface area contributed by atoms with Crippen LogP contribution in [0.25, 0.3) is 0 Å². The van der Waals surface area contributed by atoms with Crippen molar-refractivity contribution < 1.29 is 4.79 Å². The number of amides is 1. The third-order valence-electron chi connectivity index (χ3n) is 5.36. The number of likely N-dealkylation sites (tertiary alicyclic amines) is 1. The van der Waals surface area contributed by atoms with Gasteiger partial charge in [-0.2, -0.15) is 0 Å². The smallest absolute Gasteiger partial charge is 0.220 e. The first-order valence-corrected chi connectivity index (χ1v) is 9.01. The Balaban J connectivity index is 1.43. The quantitative estimate of drug-likeness (QED) is 0.821. The number of piperidine rings is 1. The van der Waals surface area contributed by atoms with Crippen LogP contribution in [0.1, 0.15) is 57.8 Å². The van der Waals surface area contributed by atoms with Gasteiger partial charge in [0.05, 0.1) is 0 Å². The monoisotopic (exact) mass is 320 g/mol. The third-order valence-corrected chi connectivity index (χ3v) is 5.36. The van der Waals surface area contributed by atoms with Crippen molar-refractivity contribution in [3.63, 3.8) is 0 Å². The van der Waals surface area contributed by atoms with E-state index in [0.717, 1.165) is 13.0 Å². The van der Waals surface area contributed by atoms with E-state index in [1.165, 1.54) is 58.0 Å². The highest BCUT2D eigenvalue weighted by Crippen LogP contribution is 2.36. The summed E-state index contributed by atoms with van der Waals surface area (Å²) in [7, 11) is 0. The SMILES string of the molecule is O=C(CCCn1cnnn1)NCC1(N2CCCCC2)CCCC1. The fourth-order valence-corrected chi connectivity index (χ4v) is 4.04. The Labute approximate surface area is 137 Å². The van der Waals surface area contributed by atoms with Crippen LogP contribution < -0.4 is 5.32 Å². The summed E-state index contributed by atoms with van der Waals surface area (Å²) < 4.78 is 1.67. The summed E-state index contributed by atoms with van der Waals surface area (Å²) in [6.45, 7) is 3.92. The second-order valence-electron chi connectivity index (χ2n) is 6.93. The number of tetrazole rings is 1. The van der Waals surface area contributed by atoms with Gasteiger partial charge in [0.2, 0.25) is 5.91 Å². The van der Waals surface area contributed by atoms with Crippen LogP contribution in [0.5, 0.6) is 0 Å². The van der Waals surface area contributed by atoms with Gasteiger partial charge in [0.1, 0.15) is 6.33 Å². The van der Waals surface area contributed by atoms with Gasteiger partial charge in [-0.3, -0.25) is 9.69 Å². The molecule has 1 aromatic heterocycles. The number of rotatable bonds is 7. The standard InChI is InChI=1S/C16H28N6O/c23-15(7-6-12-22-14-18-19-20-22)17-13-16(8-2-3-9-16)21-10-4-1-5-11-21/h14H,1-13H2,(H,17,23). The van der Waals surface area contributed by atoms with Crippen LogP contribution in [-0.4, -0.2) is 56.2 Å². The van der Waals surface area contributed by atoms with Crippen molar-refractivity contribution in [3.05, 3.63) is 6.33 Å². The van der Waals surface area contributed by atoms with Crippen LogP contribution >= 0.6 is 0 Å². The zero-order valence-electron chi connectivity index (χ0n) is 13.9. The minimum absolute atomic E-state index is 0.154. The first-order chi connectivity index (χ1) is 11.3. The Morgan fingerprint density at radius 2 is 1.91 bits per heavy atom. The Kier molecular flexibility index (Phi) is 5.59. The normalized spacial score (nSPS) is 21.4. The lowest BCUT2D eigenvalue weighted by Gasteiger charge is -2.43. The van der Waals surface area contributed by atoms with Crippen molar-refractivity contribution in [2.75, 3.05) is 19.6 Å². The average molecular weight is 320 g/mol. The number of aromatic nitrogens is 4. The Hall–Kier alpha value is -1.50. The maximum atomic E-state index is 12.2. The van der Waals surface area contributed by atoms with Gasteiger partial charge in [0.25, 0.3) is 0 Å². The molecule has 2 aliphatic rings. The zero-order valence-corrected chi connectivity index (χ0v) is 13.9. The van der Waals surface area contributed by atoms with E-state index in [9.17, 15) is 4.79 Å². The summed E-state index contributed by atoms with van der Waals surface area (Å²) in [5.41, 5.74) is 0.228. The zero-order chi connectivity index (χ0) is 16.0. The Bertz CT molecular complexity index is 477. The largest absolute Gasteiger partial charge is 0.354 e. The van der Waals surface area contributed by atoms with E-state index in [-0.39, 0.29) is 11.4 Å². The van der Waals surface area contributed by atoms with Crippen molar-refractivity contribution in [2.45, 2.75) is 69.9 Å². The molecule has 128 valence electrons. The molecule has 1 aliphatic carbocycles. The van der Waals surface area contributed by atoms with Crippen LogP contribution in [0.2, 0.25) is 0 Å². The molecule has 1 saturated heterocycles. The van der Waals surface area contributed by atoms with E-state index in [1.54, 1.807) is 11.0 Å². The molecule has 1 aliphatic heterocycles. The number of aryl methyl sites for hydroxylation is 1. The molecular weight excluding hydrogens is 292 g/mol. The van der Waals surface area contributed by atoms with E-state index in [1.807, 2.05) is 0 Å². The maximum absolute atomic E-state index is 12.2. The van der Waals surface area contributed by atoms with Gasteiger partial charge in [-0.25, -0.2) is 4.68 Å². The lowest BCUT2D eigenvalue weighted by molar-refractivity contribution is -0.122. The first-order valence-electron chi connectivity index (χ1n) is 9.01. The van der Waals surface area contributed by atoms with Gasteiger partial charge < -0.3 is 5.32 Å². The number of nitrogens with zero attached hydrogens (tertiary/aromatic N) is 5. The second-order valence-corrected chi connectivity index (χ2v) is 6.93. The minimum atomic E-state index is 0.154. The van der Waals surface area contributed by atoms with Crippen LogP contribution in [0.15, 0.2) is 6.33 Å². The molecule has 0 radical (unpaired) electrons. The van der Waals surface area contributed by atoms with Crippen molar-refractivity contribution in [1.82, 2.24) is 30.4 Å². The molecule has 2 fully saturated rings. The average Bonchev–Trinajstić information content (AvgIpc) is 3.26. The summed E-state index contributed by atoms with van der Waals surface area (Å²) in [5.74, 6) is 0.154. The van der Waals surface area contributed by atoms with Crippen LogP contribution in [0.3, 0.4) is 0 Å². The molecule has 1 saturated carbocycles. The molecular formula is C16H28N6O. The molecule has 7 heteroatoms. The van der Waals surface area contributed by atoms with E-state index in [2.05, 4.69) is 25.7 Å². The highest BCUT2D eigenvalue weighted by molar-refractivity contribution is 5.75. The van der Waals surface area contributed by atoms with Crippen molar-refractivity contribution in [1.29, 1.82) is 0 Å². The van der Waals surface area contributed by atoms with Gasteiger partial charge in [-0.1, -0.05) is 19.3 Å². The van der Waals surface area contributed by atoms with Gasteiger partial charge in [-0.05, 0) is 55.6 Å².